The van der Waals surface area contributed by atoms with Gasteiger partial charge < -0.3 is 39.2 Å². The number of phenolic OH excluding ortho intramolecular Hbond substituents is 3. The molecule has 1 aliphatic heterocycles. The van der Waals surface area contributed by atoms with Crippen LogP contribution >= 0.6 is 7.60 Å². The Bertz CT molecular complexity index is 764. The first-order chi connectivity index (χ1) is 13.9. The number of benzene rings is 1. The third-order valence-corrected chi connectivity index (χ3v) is 6.40. The molecule has 0 aliphatic carbocycles. The molecule has 1 aromatic carbocycles. The maximum atomic E-state index is 12.7. The van der Waals surface area contributed by atoms with Crippen LogP contribution < -0.4 is 10.0 Å². The van der Waals surface area contributed by atoms with Crippen molar-refractivity contribution in [2.45, 2.75) is 38.9 Å². The fourth-order valence-corrected chi connectivity index (χ4v) is 5.03. The lowest BCUT2D eigenvalue weighted by Gasteiger charge is -2.26. The monoisotopic (exact) mass is 459 g/mol. The molecule has 0 saturated carbocycles. The van der Waals surface area contributed by atoms with Gasteiger partial charge in [0.25, 0.3) is 0 Å². The molecule has 172 valence electrons. The predicted octanol–water partition coefficient (Wildman–Crippen LogP) is 1.05. The molecule has 2 atom stereocenters. The quantitative estimate of drug-likeness (QED) is 0.350. The van der Waals surface area contributed by atoms with E-state index >= 15 is 0 Å². The van der Waals surface area contributed by atoms with Crippen LogP contribution in [-0.4, -0.2) is 53.5 Å². The number of nitrogens with one attached hydrogen (secondary N) is 1. The normalized spacial score (nSPS) is 19.2. The number of halogens is 3. The Morgan fingerprint density at radius 2 is 1.73 bits per heavy atom. The molecule has 0 radical (unpaired) electrons. The number of aromatic hydroxyl groups is 3. The lowest BCUT2D eigenvalue weighted by atomic mass is 10.0. The number of aliphatic carboxylic acids is 1. The Kier molecular flexibility index (Phi) is 9.41. The molecule has 1 fully saturated rings. The molecule has 0 bridgehead atoms. The molecule has 4 N–H and O–H groups in total. The van der Waals surface area contributed by atoms with Crippen molar-refractivity contribution in [3.63, 3.8) is 0 Å². The van der Waals surface area contributed by atoms with Crippen LogP contribution in [0.1, 0.15) is 38.3 Å². The second kappa shape index (κ2) is 10.9. The van der Waals surface area contributed by atoms with Gasteiger partial charge in [-0.1, -0.05) is 0 Å². The highest BCUT2D eigenvalue weighted by Gasteiger charge is 2.39. The van der Waals surface area contributed by atoms with E-state index in [4.69, 9.17) is 18.9 Å². The highest BCUT2D eigenvalue weighted by atomic mass is 31.2. The van der Waals surface area contributed by atoms with Crippen molar-refractivity contribution in [3.05, 3.63) is 17.7 Å². The van der Waals surface area contributed by atoms with E-state index in [1.165, 1.54) is 6.07 Å². The zero-order chi connectivity index (χ0) is 23.1. The van der Waals surface area contributed by atoms with Crippen molar-refractivity contribution >= 4 is 13.6 Å². The summed E-state index contributed by atoms with van der Waals surface area (Å²) in [6.07, 6.45) is -3.30. The highest BCUT2D eigenvalue weighted by Crippen LogP contribution is 2.47. The predicted molar refractivity (Wildman–Crippen MR) is 96.0 cm³/mol. The molecule has 2 unspecified atom stereocenters. The fourth-order valence-electron chi connectivity index (χ4n) is 3.11. The number of carbonyl (C=O) groups excluding carboxylic acids is 1. The average Bonchev–Trinajstić information content (AvgIpc) is 3.07. The van der Waals surface area contributed by atoms with Gasteiger partial charge >= 0.3 is 13.8 Å². The number of hydrogen-bond donors (Lipinski definition) is 4. The number of carboxylic acid groups (broad SMARTS) is 1. The van der Waals surface area contributed by atoms with E-state index in [-0.39, 0.29) is 23.8 Å². The van der Waals surface area contributed by atoms with Crippen molar-refractivity contribution in [1.82, 2.24) is 0 Å². The average molecular weight is 459 g/mol. The van der Waals surface area contributed by atoms with E-state index in [1.54, 1.807) is 19.9 Å². The summed E-state index contributed by atoms with van der Waals surface area (Å²) in [5.74, 6) is -4.21. The third-order valence-electron chi connectivity index (χ3n) is 4.30. The van der Waals surface area contributed by atoms with Crippen molar-refractivity contribution < 1.29 is 56.9 Å². The molecule has 1 saturated heterocycles. The molecule has 30 heavy (non-hydrogen) atoms. The van der Waals surface area contributed by atoms with E-state index in [0.717, 1.165) is 24.3 Å². The van der Waals surface area contributed by atoms with Gasteiger partial charge in [0, 0.05) is 12.8 Å². The van der Waals surface area contributed by atoms with Gasteiger partial charge in [-0.25, -0.2) is 0 Å². The van der Waals surface area contributed by atoms with Crippen LogP contribution in [0.5, 0.6) is 17.2 Å². The Morgan fingerprint density at radius 1 is 1.20 bits per heavy atom. The SMILES string of the molecule is CCOP(=O)(C[NH+]1CCCC1c1ccc(O)c(O)c1O)OCC.O=C([O-])C(F)(F)F. The zero-order valence-corrected chi connectivity index (χ0v) is 17.3. The molecule has 1 aliphatic rings. The zero-order valence-electron chi connectivity index (χ0n) is 16.4. The van der Waals surface area contributed by atoms with Crippen LogP contribution in [0.4, 0.5) is 13.2 Å². The Balaban J connectivity index is 0.000000553. The molecule has 0 spiro atoms. The van der Waals surface area contributed by atoms with Crippen LogP contribution in [-0.2, 0) is 18.4 Å². The molecule has 13 heteroatoms. The van der Waals surface area contributed by atoms with Crippen molar-refractivity contribution in [3.8, 4) is 17.2 Å². The molecule has 1 aromatic rings. The minimum Gasteiger partial charge on any atom is -0.542 e. The van der Waals surface area contributed by atoms with Crippen LogP contribution in [0.3, 0.4) is 0 Å². The molecule has 0 amide bonds. The molecule has 9 nitrogen and oxygen atoms in total. The Labute approximate surface area is 171 Å². The number of hydrogen-bond acceptors (Lipinski definition) is 8. The van der Waals surface area contributed by atoms with Crippen molar-refractivity contribution in [2.75, 3.05) is 26.0 Å². The topological polar surface area (TPSA) is 141 Å². The third kappa shape index (κ3) is 7.05. The maximum Gasteiger partial charge on any atom is 0.430 e. The smallest absolute Gasteiger partial charge is 0.430 e. The summed E-state index contributed by atoms with van der Waals surface area (Å²) < 4.78 is 55.0. The minimum absolute atomic E-state index is 0.129. The number of carbonyl (C=O) groups is 1. The molecular weight excluding hydrogens is 434 g/mol. The van der Waals surface area contributed by atoms with E-state index in [2.05, 4.69) is 0 Å². The lowest BCUT2D eigenvalue weighted by molar-refractivity contribution is -0.907. The molecule has 2 rings (SSSR count). The van der Waals surface area contributed by atoms with E-state index in [1.807, 2.05) is 0 Å². The van der Waals surface area contributed by atoms with Gasteiger partial charge in [-0.15, -0.1) is 0 Å². The van der Waals surface area contributed by atoms with E-state index in [0.29, 0.717) is 18.8 Å². The lowest BCUT2D eigenvalue weighted by Crippen LogP contribution is -3.10. The fraction of sp³-hybridized carbons (Fsp3) is 0.588. The number of likely N-dealkylation sites (tertiary alicyclic amines) is 1. The van der Waals surface area contributed by atoms with Crippen LogP contribution in [0.15, 0.2) is 12.1 Å². The summed E-state index contributed by atoms with van der Waals surface area (Å²) in [5, 5.41) is 38.1. The second-order valence-corrected chi connectivity index (χ2v) is 8.42. The first-order valence-electron chi connectivity index (χ1n) is 9.10. The van der Waals surface area contributed by atoms with Gasteiger partial charge in [0.15, 0.2) is 17.8 Å². The van der Waals surface area contributed by atoms with Gasteiger partial charge in [-0.05, 0) is 26.0 Å². The number of rotatable bonds is 7. The summed E-state index contributed by atoms with van der Waals surface area (Å²) in [6, 6.07) is 2.81. The summed E-state index contributed by atoms with van der Waals surface area (Å²) in [4.78, 5) is 9.77. The number of carboxylic acids is 1. The Hall–Kier alpha value is -2.01. The minimum atomic E-state index is -5.19. The van der Waals surface area contributed by atoms with Crippen LogP contribution in [0, 0.1) is 0 Å². The van der Waals surface area contributed by atoms with Crippen molar-refractivity contribution in [1.29, 1.82) is 0 Å². The van der Waals surface area contributed by atoms with Gasteiger partial charge in [-0.3, -0.25) is 4.57 Å². The standard InChI is InChI=1S/C15H24NO6P.C2HF3O2/c1-3-21-23(20,22-4-2)10-16-9-5-6-12(16)11-7-8-13(17)15(19)14(11)18;3-2(4,5)1(6)7/h7-8,12,17-19H,3-6,9-10H2,1-2H3;(H,6,7). The van der Waals surface area contributed by atoms with Gasteiger partial charge in [0.05, 0.1) is 25.3 Å². The number of phenols is 3. The van der Waals surface area contributed by atoms with Gasteiger partial charge in [-0.2, -0.15) is 13.2 Å². The molecule has 0 aromatic heterocycles. The van der Waals surface area contributed by atoms with E-state index < -0.39 is 25.5 Å². The summed E-state index contributed by atoms with van der Waals surface area (Å²) in [5.41, 5.74) is 0.535. The second-order valence-electron chi connectivity index (χ2n) is 6.36. The Morgan fingerprint density at radius 3 is 2.20 bits per heavy atom. The maximum absolute atomic E-state index is 12.7. The van der Waals surface area contributed by atoms with Crippen LogP contribution in [0.25, 0.3) is 0 Å². The van der Waals surface area contributed by atoms with E-state index in [9.17, 15) is 33.1 Å². The highest BCUT2D eigenvalue weighted by molar-refractivity contribution is 7.53. The van der Waals surface area contributed by atoms with Gasteiger partial charge in [0.2, 0.25) is 5.75 Å². The molecule has 1 heterocycles. The van der Waals surface area contributed by atoms with Crippen LogP contribution in [0.2, 0.25) is 0 Å². The number of alkyl halides is 3. The van der Waals surface area contributed by atoms with Gasteiger partial charge in [0.1, 0.15) is 12.0 Å². The first kappa shape index (κ1) is 26.0. The first-order valence-corrected chi connectivity index (χ1v) is 10.8. The summed E-state index contributed by atoms with van der Waals surface area (Å²) in [6.45, 7) is 4.93. The summed E-state index contributed by atoms with van der Waals surface area (Å²) >= 11 is 0. The molecular formula is C17H25F3NO8P. The number of quaternary nitrogens is 1. The van der Waals surface area contributed by atoms with Crippen molar-refractivity contribution in [2.24, 2.45) is 0 Å². The summed E-state index contributed by atoms with van der Waals surface area (Å²) in [7, 11) is -3.19. The largest absolute Gasteiger partial charge is 0.542 e.